The number of aryl methyl sites for hydroxylation is 2. The van der Waals surface area contributed by atoms with Gasteiger partial charge in [-0.05, 0) is 98.5 Å². The van der Waals surface area contributed by atoms with Gasteiger partial charge in [-0.15, -0.1) is 0 Å². The predicted octanol–water partition coefficient (Wildman–Crippen LogP) is 5.98. The molecule has 3 amide bonds. The maximum atomic E-state index is 12.4. The lowest BCUT2D eigenvalue weighted by molar-refractivity contribution is -0.116. The van der Waals surface area contributed by atoms with Crippen LogP contribution in [0.4, 0.5) is 22.7 Å². The number of thiol groups is 2. The van der Waals surface area contributed by atoms with Crippen LogP contribution >= 0.6 is 25.3 Å². The second kappa shape index (κ2) is 18.2. The minimum atomic E-state index is -0.694. The maximum Gasteiger partial charge on any atom is 0.255 e. The predicted molar refractivity (Wildman–Crippen MR) is 201 cm³/mol. The largest absolute Gasteiger partial charge is 0.383 e. The number of nitrogens with one attached hydrogen (secondary N) is 4. The molecule has 4 aromatic rings. The van der Waals surface area contributed by atoms with E-state index in [0.29, 0.717) is 29.1 Å². The molecule has 248 valence electrons. The smallest absolute Gasteiger partial charge is 0.255 e. The molecular formula is C36H44N6O3S2. The van der Waals surface area contributed by atoms with E-state index < -0.39 is 6.04 Å². The topological polar surface area (TPSA) is 151 Å². The summed E-state index contributed by atoms with van der Waals surface area (Å²) in [6.07, 6.45) is 0. The molecule has 0 heterocycles. The Balaban J connectivity index is 0.000000256. The lowest BCUT2D eigenvalue weighted by Gasteiger charge is -2.13. The van der Waals surface area contributed by atoms with Crippen molar-refractivity contribution in [3.63, 3.8) is 0 Å². The van der Waals surface area contributed by atoms with Gasteiger partial charge in [-0.2, -0.15) is 25.3 Å². The fourth-order valence-corrected chi connectivity index (χ4v) is 4.60. The molecule has 0 saturated heterocycles. The standard InChI is InChI=1S/C18H21N3O2S.C18H23N3OS/c1-11-5-3-8-16(12(11)2)21-17(22)13-6-4-7-14(9-13)20-18(23)15(19)10-24;1-12-5-3-8-17(13(12)2)21-18(22)14-6-4-7-16(9-14)20-10-15(19)11-23/h3-9,15,24H,10,19H2,1-2H3,(H,20,23)(H,21,22);3-9,15,20,23H,10-11,19H2,1-2H3,(H,21,22)/t2*15-/m00/s1. The van der Waals surface area contributed by atoms with Crippen molar-refractivity contribution >= 4 is 65.7 Å². The van der Waals surface area contributed by atoms with Crippen LogP contribution in [0.5, 0.6) is 0 Å². The molecule has 0 fully saturated rings. The molecule has 8 N–H and O–H groups in total. The van der Waals surface area contributed by atoms with Crippen molar-refractivity contribution in [2.24, 2.45) is 11.5 Å². The Labute approximate surface area is 288 Å². The second-order valence-electron chi connectivity index (χ2n) is 11.2. The highest BCUT2D eigenvalue weighted by Crippen LogP contribution is 2.21. The highest BCUT2D eigenvalue weighted by Gasteiger charge is 2.14. The van der Waals surface area contributed by atoms with E-state index in [0.717, 1.165) is 39.3 Å². The summed E-state index contributed by atoms with van der Waals surface area (Å²) in [5.74, 6) is 0.162. The quantitative estimate of drug-likeness (QED) is 0.0919. The Morgan fingerprint density at radius 1 is 0.638 bits per heavy atom. The van der Waals surface area contributed by atoms with E-state index in [9.17, 15) is 14.4 Å². The van der Waals surface area contributed by atoms with Crippen LogP contribution in [0.25, 0.3) is 0 Å². The van der Waals surface area contributed by atoms with Gasteiger partial charge in [0.15, 0.2) is 0 Å². The average Bonchev–Trinajstić information content (AvgIpc) is 3.07. The van der Waals surface area contributed by atoms with Gasteiger partial charge in [0.05, 0.1) is 6.04 Å². The Kier molecular flexibility index (Phi) is 14.4. The van der Waals surface area contributed by atoms with Gasteiger partial charge in [-0.1, -0.05) is 36.4 Å². The highest BCUT2D eigenvalue weighted by atomic mass is 32.1. The molecule has 0 radical (unpaired) electrons. The van der Waals surface area contributed by atoms with Gasteiger partial charge >= 0.3 is 0 Å². The Morgan fingerprint density at radius 3 is 1.60 bits per heavy atom. The summed E-state index contributed by atoms with van der Waals surface area (Å²) in [5.41, 5.74) is 19.9. The lowest BCUT2D eigenvalue weighted by Crippen LogP contribution is -2.37. The molecule has 0 aliphatic rings. The van der Waals surface area contributed by atoms with E-state index in [-0.39, 0.29) is 29.5 Å². The number of carbonyl (C=O) groups is 3. The fraction of sp³-hybridized carbons (Fsp3) is 0.250. The first-order valence-electron chi connectivity index (χ1n) is 15.2. The molecule has 9 nitrogen and oxygen atoms in total. The molecule has 0 bridgehead atoms. The molecule has 0 saturated carbocycles. The average molecular weight is 673 g/mol. The van der Waals surface area contributed by atoms with Crippen LogP contribution in [0.3, 0.4) is 0 Å². The molecule has 0 aliphatic carbocycles. The highest BCUT2D eigenvalue weighted by molar-refractivity contribution is 7.80. The third-order valence-corrected chi connectivity index (χ3v) is 8.42. The van der Waals surface area contributed by atoms with Crippen LogP contribution in [0.2, 0.25) is 0 Å². The van der Waals surface area contributed by atoms with Gasteiger partial charge in [-0.25, -0.2) is 0 Å². The third-order valence-electron chi connectivity index (χ3n) is 7.56. The zero-order valence-electron chi connectivity index (χ0n) is 27.1. The molecule has 4 aromatic carbocycles. The summed E-state index contributed by atoms with van der Waals surface area (Å²) in [7, 11) is 0. The van der Waals surface area contributed by atoms with Gasteiger partial charge in [0, 0.05) is 58.0 Å². The van der Waals surface area contributed by atoms with Crippen LogP contribution in [0, 0.1) is 27.7 Å². The molecule has 0 spiro atoms. The maximum absolute atomic E-state index is 12.4. The van der Waals surface area contributed by atoms with Crippen molar-refractivity contribution in [1.82, 2.24) is 0 Å². The molecule has 0 aromatic heterocycles. The molecular weight excluding hydrogens is 629 g/mol. The van der Waals surface area contributed by atoms with Crippen LogP contribution < -0.4 is 32.7 Å². The zero-order chi connectivity index (χ0) is 34.5. The SMILES string of the molecule is Cc1cccc(NC(=O)c2cccc(NC(=O)[C@@H](N)CS)c2)c1C.Cc1cccc(NC(=O)c2cccc(NC[C@H](N)CS)c2)c1C. The molecule has 47 heavy (non-hydrogen) atoms. The molecule has 2 atom stereocenters. The summed E-state index contributed by atoms with van der Waals surface area (Å²) in [6, 6.07) is 25.0. The molecule has 0 aliphatic heterocycles. The number of carbonyl (C=O) groups excluding carboxylic acids is 3. The summed E-state index contributed by atoms with van der Waals surface area (Å²) < 4.78 is 0. The van der Waals surface area contributed by atoms with Crippen LogP contribution in [-0.2, 0) is 4.79 Å². The summed E-state index contributed by atoms with van der Waals surface area (Å²) in [5, 5.41) is 11.8. The normalized spacial score (nSPS) is 11.7. The summed E-state index contributed by atoms with van der Waals surface area (Å²) in [6.45, 7) is 8.60. The van der Waals surface area contributed by atoms with E-state index in [1.165, 1.54) is 0 Å². The van der Waals surface area contributed by atoms with E-state index >= 15 is 0 Å². The van der Waals surface area contributed by atoms with Crippen molar-refractivity contribution in [1.29, 1.82) is 0 Å². The Morgan fingerprint density at radius 2 is 1.11 bits per heavy atom. The minimum absolute atomic E-state index is 0.0224. The van der Waals surface area contributed by atoms with Gasteiger partial charge in [0.25, 0.3) is 11.8 Å². The zero-order valence-corrected chi connectivity index (χ0v) is 28.9. The molecule has 11 heteroatoms. The van der Waals surface area contributed by atoms with Crippen molar-refractivity contribution in [2.45, 2.75) is 39.8 Å². The lowest BCUT2D eigenvalue weighted by atomic mass is 10.1. The first kappa shape index (κ1) is 37.2. The first-order valence-corrected chi connectivity index (χ1v) is 16.4. The van der Waals surface area contributed by atoms with E-state index in [1.54, 1.807) is 30.3 Å². The van der Waals surface area contributed by atoms with Crippen LogP contribution in [-0.4, -0.2) is 47.9 Å². The van der Waals surface area contributed by atoms with Gasteiger partial charge < -0.3 is 32.7 Å². The van der Waals surface area contributed by atoms with Gasteiger partial charge in [0.2, 0.25) is 5.91 Å². The third kappa shape index (κ3) is 11.2. The van der Waals surface area contributed by atoms with Gasteiger partial charge in [0.1, 0.15) is 0 Å². The van der Waals surface area contributed by atoms with Crippen LogP contribution in [0.15, 0.2) is 84.9 Å². The van der Waals surface area contributed by atoms with Gasteiger partial charge in [-0.3, -0.25) is 14.4 Å². The second-order valence-corrected chi connectivity index (χ2v) is 11.9. The van der Waals surface area contributed by atoms with Crippen molar-refractivity contribution in [3.05, 3.63) is 118 Å². The summed E-state index contributed by atoms with van der Waals surface area (Å²) >= 11 is 8.16. The number of anilines is 4. The number of benzene rings is 4. The minimum Gasteiger partial charge on any atom is -0.383 e. The fourth-order valence-electron chi connectivity index (χ4n) is 4.30. The number of hydrogen-bond donors (Lipinski definition) is 8. The monoisotopic (exact) mass is 672 g/mol. The molecule has 4 rings (SSSR count). The Hall–Kier alpha value is -4.29. The van der Waals surface area contributed by atoms with E-state index in [2.05, 4.69) is 46.5 Å². The van der Waals surface area contributed by atoms with Crippen molar-refractivity contribution < 1.29 is 14.4 Å². The van der Waals surface area contributed by atoms with Crippen molar-refractivity contribution in [2.75, 3.05) is 39.3 Å². The molecule has 0 unspecified atom stereocenters. The number of amides is 3. The number of hydrogen-bond acceptors (Lipinski definition) is 8. The number of rotatable bonds is 11. The summed E-state index contributed by atoms with van der Waals surface area (Å²) in [4.78, 5) is 36.7. The Bertz CT molecular complexity index is 1700. The first-order chi connectivity index (χ1) is 22.4. The van der Waals surface area contributed by atoms with E-state index in [4.69, 9.17) is 11.5 Å². The number of nitrogens with two attached hydrogens (primary N) is 2. The van der Waals surface area contributed by atoms with Crippen LogP contribution in [0.1, 0.15) is 43.0 Å². The van der Waals surface area contributed by atoms with Crippen molar-refractivity contribution in [3.8, 4) is 0 Å². The van der Waals surface area contributed by atoms with E-state index in [1.807, 2.05) is 82.3 Å².